The van der Waals surface area contributed by atoms with Crippen molar-refractivity contribution in [1.82, 2.24) is 4.90 Å². The molecule has 0 aromatic heterocycles. The lowest BCUT2D eigenvalue weighted by molar-refractivity contribution is -0.152. The van der Waals surface area contributed by atoms with Crippen molar-refractivity contribution < 1.29 is 14.3 Å². The molecule has 1 fully saturated rings. The van der Waals surface area contributed by atoms with Crippen molar-refractivity contribution >= 4 is 11.9 Å². The van der Waals surface area contributed by atoms with E-state index in [4.69, 9.17) is 4.74 Å². The molecule has 106 valence electrons. The monoisotopic (exact) mass is 266 g/mol. The molecule has 0 aromatic rings. The molecule has 0 unspecified atom stereocenters. The van der Waals surface area contributed by atoms with Crippen LogP contribution in [0.25, 0.3) is 0 Å². The molecule has 19 heavy (non-hydrogen) atoms. The molecule has 0 spiro atoms. The van der Waals surface area contributed by atoms with E-state index in [-0.39, 0.29) is 18.5 Å². The van der Waals surface area contributed by atoms with Crippen molar-refractivity contribution in [3.05, 3.63) is 0 Å². The minimum Gasteiger partial charge on any atom is -0.465 e. The molecule has 0 heterocycles. The number of esters is 1. The number of hydrogen-bond acceptors (Lipinski definition) is 4. The second kappa shape index (κ2) is 6.55. The predicted octanol–water partition coefficient (Wildman–Crippen LogP) is 1.87. The van der Waals surface area contributed by atoms with Gasteiger partial charge in [0.15, 0.2) is 0 Å². The fraction of sp³-hybridized carbons (Fsp3) is 0.786. The van der Waals surface area contributed by atoms with Gasteiger partial charge in [0, 0.05) is 6.04 Å². The van der Waals surface area contributed by atoms with Gasteiger partial charge in [-0.3, -0.25) is 9.59 Å². The number of nitriles is 1. The van der Waals surface area contributed by atoms with Gasteiger partial charge in [0.1, 0.15) is 12.0 Å². The van der Waals surface area contributed by atoms with Crippen molar-refractivity contribution in [3.8, 4) is 6.07 Å². The van der Waals surface area contributed by atoms with Crippen LogP contribution in [0.3, 0.4) is 0 Å². The van der Waals surface area contributed by atoms with Crippen LogP contribution in [0.1, 0.15) is 46.5 Å². The first-order valence-corrected chi connectivity index (χ1v) is 6.92. The Morgan fingerprint density at radius 3 is 2.26 bits per heavy atom. The highest BCUT2D eigenvalue weighted by Crippen LogP contribution is 2.34. The van der Waals surface area contributed by atoms with Gasteiger partial charge >= 0.3 is 5.97 Å². The van der Waals surface area contributed by atoms with E-state index in [1.807, 2.05) is 13.8 Å². The Bertz CT molecular complexity index is 379. The maximum Gasteiger partial charge on any atom is 0.325 e. The van der Waals surface area contributed by atoms with Gasteiger partial charge in [0.05, 0.1) is 12.7 Å². The molecule has 0 aliphatic heterocycles. The molecule has 5 heteroatoms. The first-order chi connectivity index (χ1) is 9.04. The van der Waals surface area contributed by atoms with Gasteiger partial charge in [0.25, 0.3) is 0 Å². The zero-order valence-corrected chi connectivity index (χ0v) is 11.9. The predicted molar refractivity (Wildman–Crippen MR) is 70.0 cm³/mol. The Kier molecular flexibility index (Phi) is 5.34. The molecule has 0 aromatic carbocycles. The summed E-state index contributed by atoms with van der Waals surface area (Å²) >= 11 is 0. The van der Waals surface area contributed by atoms with E-state index in [0.717, 1.165) is 12.8 Å². The summed E-state index contributed by atoms with van der Waals surface area (Å²) in [6.07, 6.45) is 2.73. The summed E-state index contributed by atoms with van der Waals surface area (Å²) < 4.78 is 4.90. The highest BCUT2D eigenvalue weighted by Gasteiger charge is 2.44. The first-order valence-electron chi connectivity index (χ1n) is 6.92. The van der Waals surface area contributed by atoms with Gasteiger partial charge in [-0.25, -0.2) is 0 Å². The molecule has 1 saturated carbocycles. The average molecular weight is 266 g/mol. The summed E-state index contributed by atoms with van der Waals surface area (Å²) in [4.78, 5) is 25.7. The topological polar surface area (TPSA) is 70.4 Å². The van der Waals surface area contributed by atoms with Crippen LogP contribution in [0.2, 0.25) is 0 Å². The normalized spacial score (nSPS) is 14.6. The number of hydrogen-bond donors (Lipinski definition) is 0. The third kappa shape index (κ3) is 3.46. The van der Waals surface area contributed by atoms with E-state index in [9.17, 15) is 14.9 Å². The standard InChI is InChI=1S/C14H22N2O3/c1-4-14(5-2,10-15)13(18)16(11-7-8-11)9-12(17)19-6-3/h11H,4-9H2,1-3H3. The molecule has 0 saturated heterocycles. The second-order valence-electron chi connectivity index (χ2n) is 4.87. The summed E-state index contributed by atoms with van der Waals surface area (Å²) in [6.45, 7) is 5.66. The van der Waals surface area contributed by atoms with Crippen LogP contribution >= 0.6 is 0 Å². The van der Waals surface area contributed by atoms with Gasteiger partial charge in [-0.1, -0.05) is 13.8 Å². The number of carbonyl (C=O) groups is 2. The van der Waals surface area contributed by atoms with Gasteiger partial charge < -0.3 is 9.64 Å². The molecule has 1 amide bonds. The SMILES string of the molecule is CCOC(=O)CN(C(=O)C(C#N)(CC)CC)C1CC1. The molecule has 0 atom stereocenters. The van der Waals surface area contributed by atoms with E-state index < -0.39 is 11.4 Å². The smallest absolute Gasteiger partial charge is 0.325 e. The minimum atomic E-state index is -1.00. The van der Waals surface area contributed by atoms with Crippen molar-refractivity contribution in [2.45, 2.75) is 52.5 Å². The Hall–Kier alpha value is -1.57. The average Bonchev–Trinajstić information content (AvgIpc) is 3.23. The molecule has 0 radical (unpaired) electrons. The lowest BCUT2D eigenvalue weighted by Crippen LogP contribution is -2.46. The van der Waals surface area contributed by atoms with Crippen LogP contribution in [0.5, 0.6) is 0 Å². The first kappa shape index (κ1) is 15.5. The van der Waals surface area contributed by atoms with Crippen molar-refractivity contribution in [3.63, 3.8) is 0 Å². The van der Waals surface area contributed by atoms with E-state index in [2.05, 4.69) is 6.07 Å². The highest BCUT2D eigenvalue weighted by atomic mass is 16.5. The van der Waals surface area contributed by atoms with E-state index in [1.165, 1.54) is 4.90 Å². The number of carbonyl (C=O) groups excluding carboxylic acids is 2. The zero-order chi connectivity index (χ0) is 14.5. The third-order valence-corrected chi connectivity index (χ3v) is 3.68. The summed E-state index contributed by atoms with van der Waals surface area (Å²) in [5.74, 6) is -0.627. The largest absolute Gasteiger partial charge is 0.465 e. The Morgan fingerprint density at radius 1 is 1.32 bits per heavy atom. The van der Waals surface area contributed by atoms with Gasteiger partial charge in [-0.2, -0.15) is 5.26 Å². The van der Waals surface area contributed by atoms with Crippen molar-refractivity contribution in [2.24, 2.45) is 5.41 Å². The van der Waals surface area contributed by atoms with Crippen LogP contribution in [0.15, 0.2) is 0 Å². The van der Waals surface area contributed by atoms with E-state index in [0.29, 0.717) is 19.4 Å². The fourth-order valence-corrected chi connectivity index (χ4v) is 2.13. The minimum absolute atomic E-state index is 0.0409. The molecule has 0 N–H and O–H groups in total. The van der Waals surface area contributed by atoms with Crippen molar-refractivity contribution in [2.75, 3.05) is 13.2 Å². The fourth-order valence-electron chi connectivity index (χ4n) is 2.13. The highest BCUT2D eigenvalue weighted by molar-refractivity contribution is 5.89. The molecule has 1 aliphatic rings. The molecule has 1 rings (SSSR count). The Morgan fingerprint density at radius 2 is 1.89 bits per heavy atom. The summed E-state index contributed by atoms with van der Waals surface area (Å²) in [5, 5.41) is 9.32. The molecular weight excluding hydrogens is 244 g/mol. The number of rotatable bonds is 7. The van der Waals surface area contributed by atoms with Crippen LogP contribution in [-0.2, 0) is 14.3 Å². The second-order valence-corrected chi connectivity index (χ2v) is 4.87. The number of ether oxygens (including phenoxy) is 1. The van der Waals surface area contributed by atoms with E-state index in [1.54, 1.807) is 6.92 Å². The maximum absolute atomic E-state index is 12.6. The Labute approximate surface area is 114 Å². The van der Waals surface area contributed by atoms with Crippen LogP contribution in [0.4, 0.5) is 0 Å². The molecular formula is C14H22N2O3. The summed E-state index contributed by atoms with van der Waals surface area (Å²) in [7, 11) is 0. The molecule has 0 bridgehead atoms. The lowest BCUT2D eigenvalue weighted by atomic mass is 9.82. The van der Waals surface area contributed by atoms with Crippen LogP contribution in [-0.4, -0.2) is 36.0 Å². The van der Waals surface area contributed by atoms with Crippen LogP contribution in [0, 0.1) is 16.7 Å². The quantitative estimate of drug-likeness (QED) is 0.659. The summed E-state index contributed by atoms with van der Waals surface area (Å²) in [6, 6.07) is 2.24. The zero-order valence-electron chi connectivity index (χ0n) is 11.9. The maximum atomic E-state index is 12.6. The lowest BCUT2D eigenvalue weighted by Gasteiger charge is -2.30. The molecule has 1 aliphatic carbocycles. The van der Waals surface area contributed by atoms with Gasteiger partial charge in [0.2, 0.25) is 5.91 Å². The molecule has 5 nitrogen and oxygen atoms in total. The number of nitrogens with zero attached hydrogens (tertiary/aromatic N) is 2. The third-order valence-electron chi connectivity index (χ3n) is 3.68. The van der Waals surface area contributed by atoms with Gasteiger partial charge in [-0.05, 0) is 32.6 Å². The summed E-state index contributed by atoms with van der Waals surface area (Å²) in [5.41, 5.74) is -1.00. The van der Waals surface area contributed by atoms with E-state index >= 15 is 0 Å². The van der Waals surface area contributed by atoms with Gasteiger partial charge in [-0.15, -0.1) is 0 Å². The Balaban J connectivity index is 2.84. The van der Waals surface area contributed by atoms with Crippen molar-refractivity contribution in [1.29, 1.82) is 5.26 Å². The number of amides is 1. The van der Waals surface area contributed by atoms with Crippen LogP contribution < -0.4 is 0 Å².